The van der Waals surface area contributed by atoms with Crippen LogP contribution in [0.5, 0.6) is 0 Å². The second-order valence-corrected chi connectivity index (χ2v) is 6.73. The van der Waals surface area contributed by atoms with E-state index in [0.717, 1.165) is 24.5 Å². The normalized spacial score (nSPS) is 22.2. The van der Waals surface area contributed by atoms with Gasteiger partial charge in [-0.3, -0.25) is 4.90 Å². The van der Waals surface area contributed by atoms with Gasteiger partial charge in [-0.2, -0.15) is 0 Å². The first-order valence-electron chi connectivity index (χ1n) is 8.74. The van der Waals surface area contributed by atoms with Crippen LogP contribution in [0.4, 0.5) is 0 Å². The molecule has 1 aliphatic heterocycles. The van der Waals surface area contributed by atoms with E-state index in [-0.39, 0.29) is 12.1 Å². The molecule has 0 radical (unpaired) electrons. The molecule has 0 spiro atoms. The Labute approximate surface area is 148 Å². The van der Waals surface area contributed by atoms with Crippen molar-refractivity contribution in [1.29, 1.82) is 0 Å². The van der Waals surface area contributed by atoms with Crippen LogP contribution >= 0.6 is 0 Å². The van der Waals surface area contributed by atoms with Gasteiger partial charge < -0.3 is 5.73 Å². The minimum atomic E-state index is 0.147. The van der Waals surface area contributed by atoms with Crippen molar-refractivity contribution in [1.82, 2.24) is 19.9 Å². The monoisotopic (exact) mass is 333 g/mol. The highest BCUT2D eigenvalue weighted by molar-refractivity contribution is 5.30. The fourth-order valence-corrected chi connectivity index (χ4v) is 3.59. The molecular formula is C20H23N5. The molecule has 2 heterocycles. The summed E-state index contributed by atoms with van der Waals surface area (Å²) in [4.78, 5) is 2.40. The van der Waals surface area contributed by atoms with Gasteiger partial charge in [0.05, 0.1) is 23.6 Å². The number of hydrogen-bond donors (Lipinski definition) is 1. The Morgan fingerprint density at radius 2 is 1.68 bits per heavy atom. The Hall–Kier alpha value is -2.50. The SMILES string of the molecule is CC(c1cn(-c2ccccc2)nn1)N1C[C@@H](N)[C@H](c2ccccc2)C1. The summed E-state index contributed by atoms with van der Waals surface area (Å²) in [7, 11) is 0. The van der Waals surface area contributed by atoms with Crippen LogP contribution in [0.1, 0.15) is 30.1 Å². The maximum atomic E-state index is 6.43. The van der Waals surface area contributed by atoms with Crippen molar-refractivity contribution in [3.8, 4) is 5.69 Å². The topological polar surface area (TPSA) is 60.0 Å². The van der Waals surface area contributed by atoms with E-state index in [2.05, 4.69) is 46.4 Å². The maximum absolute atomic E-state index is 6.43. The smallest absolute Gasteiger partial charge is 0.1000 e. The number of hydrogen-bond acceptors (Lipinski definition) is 4. The summed E-state index contributed by atoms with van der Waals surface area (Å²) in [5.41, 5.74) is 9.75. The molecule has 1 fully saturated rings. The van der Waals surface area contributed by atoms with Crippen molar-refractivity contribution in [2.45, 2.75) is 24.9 Å². The predicted molar refractivity (Wildman–Crippen MR) is 98.5 cm³/mol. The van der Waals surface area contributed by atoms with Gasteiger partial charge in [0.15, 0.2) is 0 Å². The molecule has 1 aliphatic rings. The lowest BCUT2D eigenvalue weighted by atomic mass is 9.95. The molecule has 0 bridgehead atoms. The van der Waals surface area contributed by atoms with Crippen molar-refractivity contribution in [2.75, 3.05) is 13.1 Å². The Balaban J connectivity index is 1.50. The Morgan fingerprint density at radius 3 is 2.40 bits per heavy atom. The van der Waals surface area contributed by atoms with Crippen molar-refractivity contribution >= 4 is 0 Å². The van der Waals surface area contributed by atoms with Crippen molar-refractivity contribution in [3.05, 3.63) is 78.1 Å². The number of aromatic nitrogens is 3. The van der Waals surface area contributed by atoms with Crippen LogP contribution in [-0.4, -0.2) is 39.0 Å². The van der Waals surface area contributed by atoms with E-state index >= 15 is 0 Å². The number of nitrogens with two attached hydrogens (primary N) is 1. The first-order chi connectivity index (χ1) is 12.2. The highest BCUT2D eigenvalue weighted by Crippen LogP contribution is 2.31. The lowest BCUT2D eigenvalue weighted by Crippen LogP contribution is -2.30. The summed E-state index contributed by atoms with van der Waals surface area (Å²) in [6.45, 7) is 4.00. The summed E-state index contributed by atoms with van der Waals surface area (Å²) >= 11 is 0. The van der Waals surface area contributed by atoms with Gasteiger partial charge in [0.25, 0.3) is 0 Å². The van der Waals surface area contributed by atoms with Crippen LogP contribution in [0.25, 0.3) is 5.69 Å². The van der Waals surface area contributed by atoms with Gasteiger partial charge in [0.1, 0.15) is 0 Å². The van der Waals surface area contributed by atoms with Gasteiger partial charge in [0, 0.05) is 25.0 Å². The minimum Gasteiger partial charge on any atom is -0.326 e. The van der Waals surface area contributed by atoms with Gasteiger partial charge >= 0.3 is 0 Å². The average Bonchev–Trinajstić information content (AvgIpc) is 3.30. The maximum Gasteiger partial charge on any atom is 0.1000 e. The Morgan fingerprint density at radius 1 is 1.00 bits per heavy atom. The third-order valence-corrected chi connectivity index (χ3v) is 5.13. The molecular weight excluding hydrogens is 310 g/mol. The van der Waals surface area contributed by atoms with E-state index in [1.807, 2.05) is 47.3 Å². The molecule has 128 valence electrons. The van der Waals surface area contributed by atoms with Crippen LogP contribution in [0.3, 0.4) is 0 Å². The van der Waals surface area contributed by atoms with Crippen LogP contribution in [0.2, 0.25) is 0 Å². The van der Waals surface area contributed by atoms with Gasteiger partial charge in [-0.1, -0.05) is 53.7 Å². The lowest BCUT2D eigenvalue weighted by molar-refractivity contribution is 0.252. The Kier molecular flexibility index (Phi) is 4.34. The standard InChI is InChI=1S/C20H23N5/c1-15(20-14-25(23-22-20)17-10-6-3-7-11-17)24-12-18(19(21)13-24)16-8-4-2-5-9-16/h2-11,14-15,18-19H,12-13,21H2,1H3/t15?,18-,19+/m0/s1. The second-order valence-electron chi connectivity index (χ2n) is 6.73. The number of para-hydroxylation sites is 1. The van der Waals surface area contributed by atoms with Crippen LogP contribution < -0.4 is 5.73 Å². The van der Waals surface area contributed by atoms with Gasteiger partial charge in [-0.05, 0) is 24.6 Å². The molecule has 5 heteroatoms. The van der Waals surface area contributed by atoms with Crippen molar-refractivity contribution in [3.63, 3.8) is 0 Å². The first-order valence-corrected chi connectivity index (χ1v) is 8.74. The third kappa shape index (κ3) is 3.21. The van der Waals surface area contributed by atoms with Gasteiger partial charge in [-0.15, -0.1) is 5.10 Å². The van der Waals surface area contributed by atoms with Crippen LogP contribution in [0.15, 0.2) is 66.9 Å². The summed E-state index contributed by atoms with van der Waals surface area (Å²) < 4.78 is 1.83. The Bertz CT molecular complexity index is 814. The molecule has 0 amide bonds. The molecule has 1 unspecified atom stereocenters. The largest absolute Gasteiger partial charge is 0.326 e. The molecule has 2 N–H and O–H groups in total. The fourth-order valence-electron chi connectivity index (χ4n) is 3.59. The predicted octanol–water partition coefficient (Wildman–Crippen LogP) is 2.76. The second kappa shape index (κ2) is 6.78. The summed E-state index contributed by atoms with van der Waals surface area (Å²) in [5, 5.41) is 8.67. The van der Waals surface area contributed by atoms with E-state index in [0.29, 0.717) is 5.92 Å². The van der Waals surface area contributed by atoms with Gasteiger partial charge in [-0.25, -0.2) is 4.68 Å². The molecule has 25 heavy (non-hydrogen) atoms. The number of likely N-dealkylation sites (tertiary alicyclic amines) is 1. The fraction of sp³-hybridized carbons (Fsp3) is 0.300. The quantitative estimate of drug-likeness (QED) is 0.797. The molecule has 1 aromatic heterocycles. The zero-order chi connectivity index (χ0) is 17.2. The van der Waals surface area contributed by atoms with Crippen LogP contribution in [0, 0.1) is 0 Å². The summed E-state index contributed by atoms with van der Waals surface area (Å²) in [6.07, 6.45) is 2.02. The lowest BCUT2D eigenvalue weighted by Gasteiger charge is -2.22. The van der Waals surface area contributed by atoms with E-state index in [9.17, 15) is 0 Å². The highest BCUT2D eigenvalue weighted by atomic mass is 15.4. The molecule has 2 aromatic carbocycles. The molecule has 1 saturated heterocycles. The third-order valence-electron chi connectivity index (χ3n) is 5.13. The van der Waals surface area contributed by atoms with E-state index in [1.165, 1.54) is 5.56 Å². The zero-order valence-corrected chi connectivity index (χ0v) is 14.4. The highest BCUT2D eigenvalue weighted by Gasteiger charge is 2.34. The number of benzene rings is 2. The van der Waals surface area contributed by atoms with E-state index in [1.54, 1.807) is 0 Å². The molecule has 3 aromatic rings. The van der Waals surface area contributed by atoms with E-state index < -0.39 is 0 Å². The average molecular weight is 333 g/mol. The van der Waals surface area contributed by atoms with Crippen molar-refractivity contribution < 1.29 is 0 Å². The molecule has 0 aliphatic carbocycles. The minimum absolute atomic E-state index is 0.147. The summed E-state index contributed by atoms with van der Waals surface area (Å²) in [6, 6.07) is 21.0. The molecule has 0 saturated carbocycles. The number of rotatable bonds is 4. The molecule has 4 rings (SSSR count). The molecule has 3 atom stereocenters. The van der Waals surface area contributed by atoms with Crippen molar-refractivity contribution in [2.24, 2.45) is 5.73 Å². The summed E-state index contributed by atoms with van der Waals surface area (Å²) in [5.74, 6) is 0.368. The molecule has 5 nitrogen and oxygen atoms in total. The zero-order valence-electron chi connectivity index (χ0n) is 14.4. The van der Waals surface area contributed by atoms with E-state index in [4.69, 9.17) is 5.73 Å². The van der Waals surface area contributed by atoms with Gasteiger partial charge in [0.2, 0.25) is 0 Å². The number of nitrogens with zero attached hydrogens (tertiary/aromatic N) is 4. The van der Waals surface area contributed by atoms with Crippen LogP contribution in [-0.2, 0) is 0 Å². The first kappa shape index (κ1) is 16.0.